The van der Waals surface area contributed by atoms with Gasteiger partial charge in [0.05, 0.1) is 5.02 Å². The van der Waals surface area contributed by atoms with E-state index in [4.69, 9.17) is 23.2 Å². The molecule has 0 spiro atoms. The summed E-state index contributed by atoms with van der Waals surface area (Å²) in [6.45, 7) is 0.389. The quantitative estimate of drug-likeness (QED) is 0.852. The Balaban J connectivity index is 2.33. The van der Waals surface area contributed by atoms with Crippen LogP contribution < -0.4 is 0 Å². The standard InChI is InChI=1S/C13H14Cl2N2O3/c14-8-5-6-10(15)16-11(8)12(18)17-7-3-1-2-4-9(17)13(19)20/h5-6,9H,1-4,7H2,(H,19,20). The molecule has 0 radical (unpaired) electrons. The number of pyridine rings is 1. The Hall–Kier alpha value is -1.33. The first kappa shape index (κ1) is 15.1. The van der Waals surface area contributed by atoms with Crippen LogP contribution in [0.25, 0.3) is 0 Å². The van der Waals surface area contributed by atoms with Crippen molar-refractivity contribution >= 4 is 35.1 Å². The summed E-state index contributed by atoms with van der Waals surface area (Å²) < 4.78 is 0. The number of rotatable bonds is 2. The number of carbonyl (C=O) groups excluding carboxylic acids is 1. The van der Waals surface area contributed by atoms with Crippen molar-refractivity contribution in [2.75, 3.05) is 6.54 Å². The lowest BCUT2D eigenvalue weighted by molar-refractivity contribution is -0.142. The van der Waals surface area contributed by atoms with Crippen LogP contribution in [0, 0.1) is 0 Å². The van der Waals surface area contributed by atoms with Crippen molar-refractivity contribution in [2.24, 2.45) is 0 Å². The van der Waals surface area contributed by atoms with Gasteiger partial charge < -0.3 is 10.0 Å². The Morgan fingerprint density at radius 2 is 2.00 bits per heavy atom. The van der Waals surface area contributed by atoms with Crippen LogP contribution >= 0.6 is 23.2 Å². The molecule has 0 bridgehead atoms. The number of halogens is 2. The maximum Gasteiger partial charge on any atom is 0.326 e. The molecule has 0 aromatic carbocycles. The number of hydrogen-bond donors (Lipinski definition) is 1. The molecule has 0 aliphatic carbocycles. The van der Waals surface area contributed by atoms with Crippen molar-refractivity contribution in [3.63, 3.8) is 0 Å². The van der Waals surface area contributed by atoms with E-state index in [2.05, 4.69) is 4.98 Å². The number of hydrogen-bond acceptors (Lipinski definition) is 3. The molecule has 108 valence electrons. The molecule has 20 heavy (non-hydrogen) atoms. The first-order valence-corrected chi connectivity index (χ1v) is 7.12. The van der Waals surface area contributed by atoms with Gasteiger partial charge >= 0.3 is 5.97 Å². The molecule has 7 heteroatoms. The second kappa shape index (κ2) is 6.41. The Morgan fingerprint density at radius 1 is 1.25 bits per heavy atom. The molecule has 1 amide bonds. The Kier molecular flexibility index (Phi) is 4.83. The van der Waals surface area contributed by atoms with Crippen molar-refractivity contribution in [2.45, 2.75) is 31.7 Å². The van der Waals surface area contributed by atoms with Crippen LogP contribution in [0.3, 0.4) is 0 Å². The highest BCUT2D eigenvalue weighted by Gasteiger charge is 2.32. The zero-order chi connectivity index (χ0) is 14.7. The number of nitrogens with zero attached hydrogens (tertiary/aromatic N) is 2. The predicted molar refractivity (Wildman–Crippen MR) is 75.2 cm³/mol. The van der Waals surface area contributed by atoms with Crippen molar-refractivity contribution in [1.29, 1.82) is 0 Å². The number of aromatic nitrogens is 1. The number of carboxylic acids is 1. The third-order valence-electron chi connectivity index (χ3n) is 3.31. The average molecular weight is 317 g/mol. The van der Waals surface area contributed by atoms with Gasteiger partial charge in [0.2, 0.25) is 0 Å². The summed E-state index contributed by atoms with van der Waals surface area (Å²) in [7, 11) is 0. The molecule has 2 heterocycles. The highest BCUT2D eigenvalue weighted by molar-refractivity contribution is 6.34. The molecule has 1 aromatic heterocycles. The smallest absolute Gasteiger partial charge is 0.326 e. The lowest BCUT2D eigenvalue weighted by atomic mass is 10.1. The highest BCUT2D eigenvalue weighted by atomic mass is 35.5. The van der Waals surface area contributed by atoms with Gasteiger partial charge in [-0.2, -0.15) is 0 Å². The third-order valence-corrected chi connectivity index (χ3v) is 3.83. The van der Waals surface area contributed by atoms with E-state index < -0.39 is 17.9 Å². The van der Waals surface area contributed by atoms with E-state index in [0.29, 0.717) is 13.0 Å². The van der Waals surface area contributed by atoms with Crippen LogP contribution in [0.1, 0.15) is 36.2 Å². The summed E-state index contributed by atoms with van der Waals surface area (Å²) in [5.74, 6) is -1.48. The van der Waals surface area contributed by atoms with Crippen LogP contribution in [0.4, 0.5) is 0 Å². The minimum Gasteiger partial charge on any atom is -0.480 e. The van der Waals surface area contributed by atoms with Gasteiger partial charge in [-0.1, -0.05) is 36.0 Å². The van der Waals surface area contributed by atoms with Crippen LogP contribution in [0.15, 0.2) is 12.1 Å². The molecular weight excluding hydrogens is 303 g/mol. The van der Waals surface area contributed by atoms with E-state index in [1.807, 2.05) is 0 Å². The molecule has 5 nitrogen and oxygen atoms in total. The fraction of sp³-hybridized carbons (Fsp3) is 0.462. The van der Waals surface area contributed by atoms with E-state index in [9.17, 15) is 14.7 Å². The van der Waals surface area contributed by atoms with Gasteiger partial charge in [-0.15, -0.1) is 0 Å². The van der Waals surface area contributed by atoms with Crippen LogP contribution in [0.2, 0.25) is 10.2 Å². The Labute approximate surface area is 126 Å². The number of carbonyl (C=O) groups is 2. The topological polar surface area (TPSA) is 70.5 Å². The van der Waals surface area contributed by atoms with Crippen LogP contribution in [0.5, 0.6) is 0 Å². The Bertz CT molecular complexity index is 536. The SMILES string of the molecule is O=C(O)C1CCCCCN1C(=O)c1nc(Cl)ccc1Cl. The Morgan fingerprint density at radius 3 is 2.70 bits per heavy atom. The fourth-order valence-corrected chi connectivity index (χ4v) is 2.65. The van der Waals surface area contributed by atoms with Crippen molar-refractivity contribution in [1.82, 2.24) is 9.88 Å². The zero-order valence-corrected chi connectivity index (χ0v) is 12.2. The normalized spacial score (nSPS) is 19.5. The number of carboxylic acid groups (broad SMARTS) is 1. The molecule has 1 N–H and O–H groups in total. The fourth-order valence-electron chi connectivity index (χ4n) is 2.31. The van der Waals surface area contributed by atoms with Gasteiger partial charge in [-0.3, -0.25) is 4.79 Å². The van der Waals surface area contributed by atoms with Gasteiger partial charge in [-0.25, -0.2) is 9.78 Å². The number of amides is 1. The maximum atomic E-state index is 12.5. The molecule has 1 atom stereocenters. The maximum absolute atomic E-state index is 12.5. The van der Waals surface area contributed by atoms with Crippen LogP contribution in [-0.2, 0) is 4.79 Å². The van der Waals surface area contributed by atoms with Crippen molar-refractivity contribution in [3.05, 3.63) is 28.0 Å². The van der Waals surface area contributed by atoms with Crippen LogP contribution in [-0.4, -0.2) is 39.5 Å². The lowest BCUT2D eigenvalue weighted by Gasteiger charge is -2.26. The molecule has 1 aromatic rings. The summed E-state index contributed by atoms with van der Waals surface area (Å²) in [6, 6.07) is 2.14. The molecule has 1 aliphatic heterocycles. The minimum absolute atomic E-state index is 0.00677. The average Bonchev–Trinajstić information content (AvgIpc) is 2.66. The van der Waals surface area contributed by atoms with E-state index in [1.165, 1.54) is 17.0 Å². The highest BCUT2D eigenvalue weighted by Crippen LogP contribution is 2.23. The summed E-state index contributed by atoms with van der Waals surface area (Å²) in [5.41, 5.74) is 0.00677. The van der Waals surface area contributed by atoms with E-state index in [1.54, 1.807) is 0 Å². The van der Waals surface area contributed by atoms with E-state index >= 15 is 0 Å². The number of likely N-dealkylation sites (tertiary alicyclic amines) is 1. The summed E-state index contributed by atoms with van der Waals surface area (Å²) in [4.78, 5) is 29.1. The molecule has 1 saturated heterocycles. The second-order valence-electron chi connectivity index (χ2n) is 4.67. The number of aliphatic carboxylic acids is 1. The van der Waals surface area contributed by atoms with E-state index in [-0.39, 0.29) is 15.9 Å². The zero-order valence-electron chi connectivity index (χ0n) is 10.7. The largest absolute Gasteiger partial charge is 0.480 e. The van der Waals surface area contributed by atoms with Gasteiger partial charge in [0.1, 0.15) is 16.9 Å². The monoisotopic (exact) mass is 316 g/mol. The van der Waals surface area contributed by atoms with Gasteiger partial charge in [-0.05, 0) is 25.0 Å². The summed E-state index contributed by atoms with van der Waals surface area (Å²) in [5, 5.41) is 9.61. The van der Waals surface area contributed by atoms with Crippen molar-refractivity contribution in [3.8, 4) is 0 Å². The molecular formula is C13H14Cl2N2O3. The van der Waals surface area contributed by atoms with E-state index in [0.717, 1.165) is 19.3 Å². The molecule has 1 aliphatic rings. The predicted octanol–water partition coefficient (Wildman–Crippen LogP) is 2.86. The molecule has 0 saturated carbocycles. The lowest BCUT2D eigenvalue weighted by Crippen LogP contribution is -2.45. The van der Waals surface area contributed by atoms with Crippen molar-refractivity contribution < 1.29 is 14.7 Å². The van der Waals surface area contributed by atoms with Gasteiger partial charge in [0.25, 0.3) is 5.91 Å². The van der Waals surface area contributed by atoms with Gasteiger partial charge in [0.15, 0.2) is 0 Å². The third kappa shape index (κ3) is 3.22. The summed E-state index contributed by atoms with van der Waals surface area (Å²) >= 11 is 11.7. The molecule has 2 rings (SSSR count). The summed E-state index contributed by atoms with van der Waals surface area (Å²) in [6.07, 6.45) is 2.91. The first-order chi connectivity index (χ1) is 9.50. The molecule has 1 unspecified atom stereocenters. The first-order valence-electron chi connectivity index (χ1n) is 6.36. The van der Waals surface area contributed by atoms with Gasteiger partial charge in [0, 0.05) is 6.54 Å². The second-order valence-corrected chi connectivity index (χ2v) is 5.46. The molecule has 1 fully saturated rings. The minimum atomic E-state index is -1.00.